The minimum absolute atomic E-state index is 0.167. The van der Waals surface area contributed by atoms with Gasteiger partial charge >= 0.3 is 5.97 Å². The number of hydrogen-bond donors (Lipinski definition) is 2. The van der Waals surface area contributed by atoms with E-state index >= 15 is 0 Å². The zero-order valence-electron chi connectivity index (χ0n) is 18.5. The molecule has 0 fully saturated rings. The minimum Gasteiger partial charge on any atom is -0.478 e. The fourth-order valence-electron chi connectivity index (χ4n) is 3.90. The quantitative estimate of drug-likeness (QED) is 0.467. The number of para-hydroxylation sites is 1. The zero-order valence-corrected chi connectivity index (χ0v) is 18.5. The Labute approximate surface area is 190 Å². The highest BCUT2D eigenvalue weighted by molar-refractivity contribution is 5.94. The van der Waals surface area contributed by atoms with Gasteiger partial charge in [0.2, 0.25) is 0 Å². The third kappa shape index (κ3) is 4.06. The Morgan fingerprint density at radius 1 is 1.15 bits per heavy atom. The first-order valence-corrected chi connectivity index (χ1v) is 10.4. The van der Waals surface area contributed by atoms with Gasteiger partial charge in [-0.25, -0.2) is 9.78 Å². The summed E-state index contributed by atoms with van der Waals surface area (Å²) in [5.41, 5.74) is 4.94. The van der Waals surface area contributed by atoms with Crippen molar-refractivity contribution in [3.63, 3.8) is 0 Å². The number of fused-ring (bicyclic) bond motifs is 1. The number of carbonyl (C=O) groups is 1. The van der Waals surface area contributed by atoms with E-state index in [9.17, 15) is 14.7 Å². The second-order valence-electron chi connectivity index (χ2n) is 7.96. The predicted molar refractivity (Wildman–Crippen MR) is 127 cm³/mol. The van der Waals surface area contributed by atoms with E-state index in [1.165, 1.54) is 4.40 Å². The molecule has 0 spiro atoms. The number of pyridine rings is 1. The monoisotopic (exact) mass is 438 g/mol. The van der Waals surface area contributed by atoms with Crippen LogP contribution in [0.1, 0.15) is 45.6 Å². The van der Waals surface area contributed by atoms with E-state index in [0.717, 1.165) is 16.7 Å². The van der Waals surface area contributed by atoms with Crippen LogP contribution in [0.5, 0.6) is 0 Å². The summed E-state index contributed by atoms with van der Waals surface area (Å²) in [7, 11) is 0. The van der Waals surface area contributed by atoms with Crippen LogP contribution >= 0.6 is 0 Å². The van der Waals surface area contributed by atoms with Crippen molar-refractivity contribution in [1.82, 2.24) is 9.38 Å². The van der Waals surface area contributed by atoms with Crippen LogP contribution in [0.3, 0.4) is 0 Å². The zero-order chi connectivity index (χ0) is 23.7. The molecule has 1 atom stereocenters. The lowest BCUT2D eigenvalue weighted by atomic mass is 10.0. The molecule has 2 aromatic carbocycles. The van der Waals surface area contributed by atoms with E-state index in [4.69, 9.17) is 10.2 Å². The number of carboxylic acid groups (broad SMARTS) is 1. The number of nitrogens with one attached hydrogen (secondary N) is 1. The van der Waals surface area contributed by atoms with E-state index in [1.807, 2.05) is 19.9 Å². The first kappa shape index (κ1) is 21.8. The van der Waals surface area contributed by atoms with Gasteiger partial charge < -0.3 is 10.4 Å². The van der Waals surface area contributed by atoms with Crippen LogP contribution in [0.25, 0.3) is 16.9 Å². The van der Waals surface area contributed by atoms with E-state index in [-0.39, 0.29) is 17.2 Å². The van der Waals surface area contributed by atoms with Crippen molar-refractivity contribution in [2.75, 3.05) is 5.32 Å². The Kier molecular flexibility index (Phi) is 5.67. The van der Waals surface area contributed by atoms with Gasteiger partial charge in [-0.3, -0.25) is 9.20 Å². The average Bonchev–Trinajstić information content (AvgIpc) is 2.81. The molecule has 0 unspecified atom stereocenters. The molecule has 0 aliphatic carbocycles. The topological polar surface area (TPSA) is 107 Å². The normalized spacial score (nSPS) is 11.7. The summed E-state index contributed by atoms with van der Waals surface area (Å²) in [5, 5.41) is 21.9. The van der Waals surface area contributed by atoms with Crippen molar-refractivity contribution in [3.8, 4) is 17.3 Å². The summed E-state index contributed by atoms with van der Waals surface area (Å²) in [5.74, 6) is -1.02. The summed E-state index contributed by atoms with van der Waals surface area (Å²) in [4.78, 5) is 29.7. The van der Waals surface area contributed by atoms with E-state index in [1.54, 1.807) is 61.7 Å². The summed E-state index contributed by atoms with van der Waals surface area (Å²) in [6, 6.07) is 17.4. The highest BCUT2D eigenvalue weighted by Crippen LogP contribution is 2.27. The second-order valence-corrected chi connectivity index (χ2v) is 7.96. The molecule has 4 aromatic rings. The van der Waals surface area contributed by atoms with Crippen molar-refractivity contribution in [2.24, 2.45) is 0 Å². The van der Waals surface area contributed by atoms with Crippen LogP contribution in [-0.4, -0.2) is 20.5 Å². The van der Waals surface area contributed by atoms with Crippen LogP contribution in [-0.2, 0) is 0 Å². The van der Waals surface area contributed by atoms with E-state index in [0.29, 0.717) is 28.2 Å². The molecule has 0 saturated carbocycles. The number of rotatable bonds is 5. The highest BCUT2D eigenvalue weighted by Gasteiger charge is 2.19. The molecular weight excluding hydrogens is 416 g/mol. The van der Waals surface area contributed by atoms with Gasteiger partial charge in [0, 0.05) is 28.6 Å². The maximum Gasteiger partial charge on any atom is 0.337 e. The fraction of sp³-hybridized carbons (Fsp3) is 0.154. The molecule has 2 aromatic heterocycles. The largest absolute Gasteiger partial charge is 0.478 e. The molecular formula is C26H22N4O3. The molecule has 7 nitrogen and oxygen atoms in total. The van der Waals surface area contributed by atoms with Gasteiger partial charge in [-0.15, -0.1) is 0 Å². The Morgan fingerprint density at radius 2 is 1.85 bits per heavy atom. The number of benzene rings is 2. The van der Waals surface area contributed by atoms with Crippen LogP contribution in [0, 0.1) is 25.2 Å². The fourth-order valence-corrected chi connectivity index (χ4v) is 3.90. The molecule has 0 aliphatic heterocycles. The smallest absolute Gasteiger partial charge is 0.337 e. The molecule has 33 heavy (non-hydrogen) atoms. The van der Waals surface area contributed by atoms with Crippen molar-refractivity contribution >= 4 is 17.3 Å². The number of anilines is 1. The first-order valence-electron chi connectivity index (χ1n) is 10.4. The molecule has 0 bridgehead atoms. The van der Waals surface area contributed by atoms with Gasteiger partial charge in [0.15, 0.2) is 0 Å². The van der Waals surface area contributed by atoms with Crippen LogP contribution in [0.4, 0.5) is 5.69 Å². The number of nitriles is 1. The maximum atomic E-state index is 13.2. The molecule has 7 heteroatoms. The standard InChI is InChI=1S/C26H22N4O3/c1-15-12-21(17(3)28-22-7-5-4-6-20(22)26(32)33)24-29-23(16(2)25(31)30(24)14-15)19-10-8-18(13-27)9-11-19/h4-12,14,17,28H,1-3H3,(H,32,33)/t17-/m1/s1. The molecule has 2 heterocycles. The number of hydrogen-bond acceptors (Lipinski definition) is 5. The summed E-state index contributed by atoms with van der Waals surface area (Å²) >= 11 is 0. The molecule has 0 radical (unpaired) electrons. The number of carboxylic acids is 1. The number of aromatic carboxylic acids is 1. The lowest BCUT2D eigenvalue weighted by Gasteiger charge is -2.20. The third-order valence-corrected chi connectivity index (χ3v) is 5.60. The highest BCUT2D eigenvalue weighted by atomic mass is 16.4. The van der Waals surface area contributed by atoms with Gasteiger partial charge in [-0.1, -0.05) is 24.3 Å². The van der Waals surface area contributed by atoms with Gasteiger partial charge in [0.1, 0.15) is 5.65 Å². The third-order valence-electron chi connectivity index (χ3n) is 5.60. The molecule has 0 aliphatic rings. The average molecular weight is 438 g/mol. The minimum atomic E-state index is -1.02. The SMILES string of the molecule is Cc1cc([C@@H](C)Nc2ccccc2C(=O)O)c2nc(-c3ccc(C#N)cc3)c(C)c(=O)n2c1. The molecule has 0 saturated heterocycles. The second kappa shape index (κ2) is 8.60. The van der Waals surface area contributed by atoms with Gasteiger partial charge in [0.05, 0.1) is 28.9 Å². The molecule has 4 rings (SSSR count). The Bertz CT molecular complexity index is 1480. The van der Waals surface area contributed by atoms with Crippen LogP contribution < -0.4 is 10.9 Å². The first-order chi connectivity index (χ1) is 15.8. The van der Waals surface area contributed by atoms with Crippen molar-refractivity contribution in [2.45, 2.75) is 26.8 Å². The lowest BCUT2D eigenvalue weighted by Crippen LogP contribution is -2.22. The summed E-state index contributed by atoms with van der Waals surface area (Å²) in [6.07, 6.45) is 1.75. The Morgan fingerprint density at radius 3 is 2.52 bits per heavy atom. The molecule has 164 valence electrons. The van der Waals surface area contributed by atoms with Crippen LogP contribution in [0.15, 0.2) is 65.6 Å². The van der Waals surface area contributed by atoms with Crippen molar-refractivity contribution < 1.29 is 9.90 Å². The molecule has 2 N–H and O–H groups in total. The predicted octanol–water partition coefficient (Wildman–Crippen LogP) is 4.72. The van der Waals surface area contributed by atoms with Gasteiger partial charge in [0.25, 0.3) is 5.56 Å². The Hall–Kier alpha value is -4.44. The number of nitrogens with zero attached hydrogens (tertiary/aromatic N) is 3. The summed E-state index contributed by atoms with van der Waals surface area (Å²) in [6.45, 7) is 5.54. The molecule has 0 amide bonds. The van der Waals surface area contributed by atoms with Gasteiger partial charge in [-0.05, 0) is 56.7 Å². The van der Waals surface area contributed by atoms with E-state index in [2.05, 4.69) is 11.4 Å². The van der Waals surface area contributed by atoms with E-state index < -0.39 is 5.97 Å². The Balaban J connectivity index is 1.88. The van der Waals surface area contributed by atoms with Gasteiger partial charge in [-0.2, -0.15) is 5.26 Å². The number of aryl methyl sites for hydroxylation is 1. The summed E-state index contributed by atoms with van der Waals surface area (Å²) < 4.78 is 1.54. The van der Waals surface area contributed by atoms with Crippen molar-refractivity contribution in [1.29, 1.82) is 5.26 Å². The number of aromatic nitrogens is 2. The van der Waals surface area contributed by atoms with Crippen LogP contribution in [0.2, 0.25) is 0 Å². The lowest BCUT2D eigenvalue weighted by molar-refractivity contribution is 0.0698. The maximum absolute atomic E-state index is 13.2. The van der Waals surface area contributed by atoms with Crippen molar-refractivity contribution in [3.05, 3.63) is 99.0 Å².